The van der Waals surface area contributed by atoms with Crippen molar-refractivity contribution in [2.24, 2.45) is 5.92 Å². The Morgan fingerprint density at radius 2 is 1.89 bits per heavy atom. The molecule has 2 rings (SSSR count). The molecule has 1 aromatic rings. The summed E-state index contributed by atoms with van der Waals surface area (Å²) in [6, 6.07) is 0. The summed E-state index contributed by atoms with van der Waals surface area (Å²) in [5, 5.41) is 8.12. The van der Waals surface area contributed by atoms with Crippen LogP contribution in [-0.2, 0) is 16.2 Å². The standard InChI is InChI=1S/C14H24N2O2S/c1-10-15-16-12(18-10)14(5,8-11-6-7-11)9-19(17)13(2,3)4/h11H,6-9H2,1-5H3. The second-order valence-corrected chi connectivity index (χ2v) is 9.14. The fourth-order valence-corrected chi connectivity index (χ4v) is 3.47. The Bertz CT molecular complexity index is 474. The minimum atomic E-state index is -0.914. The highest BCUT2D eigenvalue weighted by Gasteiger charge is 2.41. The molecule has 0 saturated heterocycles. The Balaban J connectivity index is 2.21. The molecule has 1 saturated carbocycles. The van der Waals surface area contributed by atoms with Crippen LogP contribution < -0.4 is 0 Å². The van der Waals surface area contributed by atoms with Crippen molar-refractivity contribution in [3.63, 3.8) is 0 Å². The van der Waals surface area contributed by atoms with Gasteiger partial charge in [0.25, 0.3) is 0 Å². The average Bonchev–Trinajstić information content (AvgIpc) is 2.95. The lowest BCUT2D eigenvalue weighted by Crippen LogP contribution is -2.36. The van der Waals surface area contributed by atoms with Crippen LogP contribution in [0.25, 0.3) is 0 Å². The van der Waals surface area contributed by atoms with Gasteiger partial charge < -0.3 is 4.42 Å². The minimum Gasteiger partial charge on any atom is -0.425 e. The Kier molecular flexibility index (Phi) is 3.87. The van der Waals surface area contributed by atoms with Crippen LogP contribution in [0.15, 0.2) is 4.42 Å². The van der Waals surface area contributed by atoms with Gasteiger partial charge in [0, 0.05) is 28.2 Å². The largest absolute Gasteiger partial charge is 0.425 e. The third-order valence-electron chi connectivity index (χ3n) is 3.61. The van der Waals surface area contributed by atoms with E-state index in [1.807, 2.05) is 20.8 Å². The molecule has 0 spiro atoms. The molecular formula is C14H24N2O2S. The predicted molar refractivity (Wildman–Crippen MR) is 76.5 cm³/mol. The van der Waals surface area contributed by atoms with E-state index in [4.69, 9.17) is 4.42 Å². The predicted octanol–water partition coefficient (Wildman–Crippen LogP) is 2.98. The molecule has 2 unspecified atom stereocenters. The molecule has 1 heterocycles. The van der Waals surface area contributed by atoms with Gasteiger partial charge in [0.1, 0.15) is 0 Å². The van der Waals surface area contributed by atoms with Crippen molar-refractivity contribution in [3.05, 3.63) is 11.8 Å². The summed E-state index contributed by atoms with van der Waals surface area (Å²) in [4.78, 5) is 0. The first-order valence-corrected chi connectivity index (χ1v) is 8.22. The maximum atomic E-state index is 12.5. The van der Waals surface area contributed by atoms with Gasteiger partial charge in [-0.25, -0.2) is 0 Å². The van der Waals surface area contributed by atoms with Gasteiger partial charge in [0.05, 0.1) is 5.41 Å². The molecule has 1 fully saturated rings. The van der Waals surface area contributed by atoms with E-state index in [0.717, 1.165) is 12.3 Å². The van der Waals surface area contributed by atoms with E-state index < -0.39 is 10.8 Å². The molecule has 108 valence electrons. The molecule has 4 nitrogen and oxygen atoms in total. The van der Waals surface area contributed by atoms with Gasteiger partial charge in [-0.3, -0.25) is 4.21 Å². The molecule has 0 N–H and O–H groups in total. The summed E-state index contributed by atoms with van der Waals surface area (Å²) in [5.41, 5.74) is -0.263. The molecule has 0 aromatic carbocycles. The summed E-state index contributed by atoms with van der Waals surface area (Å²) >= 11 is 0. The second-order valence-electron chi connectivity index (χ2n) is 6.94. The summed E-state index contributed by atoms with van der Waals surface area (Å²) in [5.74, 6) is 2.55. The Morgan fingerprint density at radius 1 is 1.26 bits per heavy atom. The van der Waals surface area contributed by atoms with Crippen molar-refractivity contribution in [2.45, 2.75) is 64.0 Å². The zero-order chi connectivity index (χ0) is 14.3. The van der Waals surface area contributed by atoms with Gasteiger partial charge in [0.2, 0.25) is 11.8 Å². The van der Waals surface area contributed by atoms with E-state index in [2.05, 4.69) is 17.1 Å². The van der Waals surface area contributed by atoms with Crippen molar-refractivity contribution in [3.8, 4) is 0 Å². The molecule has 0 amide bonds. The fourth-order valence-electron chi connectivity index (χ4n) is 2.21. The van der Waals surface area contributed by atoms with Crippen LogP contribution in [0.5, 0.6) is 0 Å². The highest BCUT2D eigenvalue weighted by Crippen LogP contribution is 2.42. The first-order chi connectivity index (χ1) is 8.71. The van der Waals surface area contributed by atoms with Crippen molar-refractivity contribution in [2.75, 3.05) is 5.75 Å². The SMILES string of the molecule is Cc1nnc(C(C)(CC2CC2)CS(=O)C(C)(C)C)o1. The third-order valence-corrected chi connectivity index (χ3v) is 5.88. The Morgan fingerprint density at radius 3 is 2.32 bits per heavy atom. The van der Waals surface area contributed by atoms with Crippen LogP contribution >= 0.6 is 0 Å². The first kappa shape index (κ1) is 14.7. The van der Waals surface area contributed by atoms with E-state index >= 15 is 0 Å². The second kappa shape index (κ2) is 5.00. The molecule has 5 heteroatoms. The number of aromatic nitrogens is 2. The molecule has 19 heavy (non-hydrogen) atoms. The zero-order valence-electron chi connectivity index (χ0n) is 12.5. The van der Waals surface area contributed by atoms with E-state index in [0.29, 0.717) is 17.5 Å². The van der Waals surface area contributed by atoms with Crippen LogP contribution in [0.4, 0.5) is 0 Å². The number of rotatable bonds is 5. The van der Waals surface area contributed by atoms with E-state index in [-0.39, 0.29) is 10.2 Å². The van der Waals surface area contributed by atoms with Gasteiger partial charge in [0.15, 0.2) is 0 Å². The molecule has 2 atom stereocenters. The Hall–Kier alpha value is -0.710. The first-order valence-electron chi connectivity index (χ1n) is 6.90. The number of nitrogens with zero attached hydrogens (tertiary/aromatic N) is 2. The molecule has 0 aliphatic heterocycles. The molecule has 1 aliphatic carbocycles. The number of hydrogen-bond acceptors (Lipinski definition) is 4. The maximum absolute atomic E-state index is 12.5. The molecule has 1 aromatic heterocycles. The van der Waals surface area contributed by atoms with Crippen LogP contribution in [0.3, 0.4) is 0 Å². The van der Waals surface area contributed by atoms with Gasteiger partial charge in [-0.05, 0) is 40.0 Å². The highest BCUT2D eigenvalue weighted by atomic mass is 32.2. The van der Waals surface area contributed by atoms with Gasteiger partial charge in [-0.15, -0.1) is 10.2 Å². The zero-order valence-corrected chi connectivity index (χ0v) is 13.3. The van der Waals surface area contributed by atoms with Crippen molar-refractivity contribution < 1.29 is 8.63 Å². The fraction of sp³-hybridized carbons (Fsp3) is 0.857. The van der Waals surface area contributed by atoms with E-state index in [1.165, 1.54) is 12.8 Å². The maximum Gasteiger partial charge on any atom is 0.223 e. The highest BCUT2D eigenvalue weighted by molar-refractivity contribution is 7.86. The molecule has 1 aliphatic rings. The van der Waals surface area contributed by atoms with Crippen LogP contribution in [0, 0.1) is 12.8 Å². The number of aryl methyl sites for hydroxylation is 1. The lowest BCUT2D eigenvalue weighted by molar-refractivity contribution is 0.331. The quantitative estimate of drug-likeness (QED) is 0.834. The summed E-state index contributed by atoms with van der Waals surface area (Å²) in [7, 11) is -0.914. The van der Waals surface area contributed by atoms with E-state index in [9.17, 15) is 4.21 Å². The van der Waals surface area contributed by atoms with Gasteiger partial charge in [-0.2, -0.15) is 0 Å². The molecular weight excluding hydrogens is 260 g/mol. The lowest BCUT2D eigenvalue weighted by Gasteiger charge is -2.29. The monoisotopic (exact) mass is 284 g/mol. The Labute approximate surface area is 117 Å². The summed E-state index contributed by atoms with van der Waals surface area (Å²) in [6.45, 7) is 9.95. The van der Waals surface area contributed by atoms with Crippen molar-refractivity contribution >= 4 is 10.8 Å². The molecule has 0 radical (unpaired) electrons. The third kappa shape index (κ3) is 3.65. The van der Waals surface area contributed by atoms with Crippen LogP contribution in [0.1, 0.15) is 58.7 Å². The smallest absolute Gasteiger partial charge is 0.223 e. The number of hydrogen-bond donors (Lipinski definition) is 0. The van der Waals surface area contributed by atoms with Crippen molar-refractivity contribution in [1.29, 1.82) is 0 Å². The summed E-state index contributed by atoms with van der Waals surface area (Å²) < 4.78 is 17.9. The van der Waals surface area contributed by atoms with Gasteiger partial charge >= 0.3 is 0 Å². The minimum absolute atomic E-state index is 0.208. The topological polar surface area (TPSA) is 56.0 Å². The molecule has 0 bridgehead atoms. The average molecular weight is 284 g/mol. The van der Waals surface area contributed by atoms with Gasteiger partial charge in [-0.1, -0.05) is 12.8 Å². The summed E-state index contributed by atoms with van der Waals surface area (Å²) in [6.07, 6.45) is 3.53. The lowest BCUT2D eigenvalue weighted by atomic mass is 9.86. The van der Waals surface area contributed by atoms with Crippen molar-refractivity contribution in [1.82, 2.24) is 10.2 Å². The van der Waals surface area contributed by atoms with Crippen LogP contribution in [0.2, 0.25) is 0 Å². The normalized spacial score (nSPS) is 21.1. The van der Waals surface area contributed by atoms with E-state index in [1.54, 1.807) is 6.92 Å². The van der Waals surface area contributed by atoms with Crippen LogP contribution in [-0.4, -0.2) is 24.9 Å².